The van der Waals surface area contributed by atoms with Crippen LogP contribution >= 0.6 is 0 Å². The lowest BCUT2D eigenvalue weighted by molar-refractivity contribution is 0.0858. The Kier molecular flexibility index (Phi) is 5.18. The van der Waals surface area contributed by atoms with Gasteiger partial charge in [0, 0.05) is 13.7 Å². The zero-order valence-electron chi connectivity index (χ0n) is 9.67. The van der Waals surface area contributed by atoms with Gasteiger partial charge < -0.3 is 14.3 Å². The van der Waals surface area contributed by atoms with Gasteiger partial charge in [-0.1, -0.05) is 0 Å². The topological polar surface area (TPSA) is 39.7 Å². The maximum atomic E-state index is 13.5. The van der Waals surface area contributed by atoms with E-state index in [2.05, 4.69) is 5.48 Å². The Morgan fingerprint density at radius 2 is 1.94 bits per heavy atom. The van der Waals surface area contributed by atoms with Crippen molar-refractivity contribution >= 4 is 0 Å². The summed E-state index contributed by atoms with van der Waals surface area (Å²) in [5, 5.41) is 0. The predicted molar refractivity (Wildman–Crippen MR) is 57.5 cm³/mol. The summed E-state index contributed by atoms with van der Waals surface area (Å²) < 4.78 is 23.4. The molecule has 1 N–H and O–H groups in total. The number of ether oxygens (including phenoxy) is 2. The van der Waals surface area contributed by atoms with Gasteiger partial charge in [-0.2, -0.15) is 5.48 Å². The van der Waals surface area contributed by atoms with Crippen LogP contribution in [-0.2, 0) is 22.7 Å². The zero-order valence-corrected chi connectivity index (χ0v) is 9.67. The first-order valence-electron chi connectivity index (χ1n) is 4.83. The van der Waals surface area contributed by atoms with Crippen LogP contribution in [0.25, 0.3) is 0 Å². The summed E-state index contributed by atoms with van der Waals surface area (Å²) in [5.41, 5.74) is 4.31. The van der Waals surface area contributed by atoms with Crippen molar-refractivity contribution in [3.8, 4) is 5.75 Å². The summed E-state index contributed by atoms with van der Waals surface area (Å²) in [5.74, 6) is -0.177. The summed E-state index contributed by atoms with van der Waals surface area (Å²) >= 11 is 0. The molecule has 5 heteroatoms. The van der Waals surface area contributed by atoms with Crippen molar-refractivity contribution in [2.45, 2.75) is 13.2 Å². The van der Waals surface area contributed by atoms with Gasteiger partial charge >= 0.3 is 0 Å². The Morgan fingerprint density at radius 1 is 1.19 bits per heavy atom. The molecule has 4 nitrogen and oxygen atoms in total. The van der Waals surface area contributed by atoms with Crippen LogP contribution in [0.1, 0.15) is 11.1 Å². The molecular weight excluding hydrogens is 213 g/mol. The van der Waals surface area contributed by atoms with Crippen LogP contribution in [0.4, 0.5) is 4.39 Å². The third kappa shape index (κ3) is 3.16. The van der Waals surface area contributed by atoms with Crippen molar-refractivity contribution in [1.82, 2.24) is 5.48 Å². The Bertz CT molecular complexity index is 344. The second-order valence-corrected chi connectivity index (χ2v) is 3.21. The Morgan fingerprint density at radius 3 is 2.50 bits per heavy atom. The Hall–Kier alpha value is -1.17. The average molecular weight is 229 g/mol. The SMILES string of the molecule is COCc1cc(OC)c(F)cc1CNOC. The largest absolute Gasteiger partial charge is 0.494 e. The van der Waals surface area contributed by atoms with Gasteiger partial charge in [-0.15, -0.1) is 0 Å². The smallest absolute Gasteiger partial charge is 0.165 e. The van der Waals surface area contributed by atoms with Crippen molar-refractivity contribution in [3.05, 3.63) is 29.1 Å². The van der Waals surface area contributed by atoms with E-state index < -0.39 is 5.82 Å². The van der Waals surface area contributed by atoms with Gasteiger partial charge in [0.25, 0.3) is 0 Å². The van der Waals surface area contributed by atoms with Crippen molar-refractivity contribution in [1.29, 1.82) is 0 Å². The second-order valence-electron chi connectivity index (χ2n) is 3.21. The number of rotatable bonds is 6. The van der Waals surface area contributed by atoms with Crippen LogP contribution in [-0.4, -0.2) is 21.3 Å². The van der Waals surface area contributed by atoms with E-state index in [1.54, 1.807) is 13.2 Å². The number of methoxy groups -OCH3 is 2. The van der Waals surface area contributed by atoms with Crippen LogP contribution in [0, 0.1) is 5.82 Å². The van der Waals surface area contributed by atoms with Gasteiger partial charge in [0.1, 0.15) is 0 Å². The third-order valence-electron chi connectivity index (χ3n) is 2.18. The fourth-order valence-corrected chi connectivity index (χ4v) is 1.40. The highest BCUT2D eigenvalue weighted by atomic mass is 19.1. The van der Waals surface area contributed by atoms with Crippen LogP contribution in [0.2, 0.25) is 0 Å². The number of halogens is 1. The molecule has 0 fully saturated rings. The van der Waals surface area contributed by atoms with E-state index in [0.29, 0.717) is 13.2 Å². The first-order valence-corrected chi connectivity index (χ1v) is 4.83. The Labute approximate surface area is 94.3 Å². The van der Waals surface area contributed by atoms with E-state index in [9.17, 15) is 4.39 Å². The molecule has 0 saturated heterocycles. The van der Waals surface area contributed by atoms with Crippen molar-refractivity contribution < 1.29 is 18.7 Å². The van der Waals surface area contributed by atoms with Crippen molar-refractivity contribution in [2.75, 3.05) is 21.3 Å². The van der Waals surface area contributed by atoms with Crippen LogP contribution < -0.4 is 10.2 Å². The number of hydroxylamine groups is 1. The Balaban J connectivity index is 2.98. The van der Waals surface area contributed by atoms with Gasteiger partial charge in [-0.25, -0.2) is 4.39 Å². The average Bonchev–Trinajstić information content (AvgIpc) is 2.29. The number of benzene rings is 1. The lowest BCUT2D eigenvalue weighted by atomic mass is 10.1. The molecule has 0 aliphatic carbocycles. The maximum absolute atomic E-state index is 13.5. The molecule has 0 bridgehead atoms. The summed E-state index contributed by atoms with van der Waals surface area (Å²) in [7, 11) is 4.53. The minimum Gasteiger partial charge on any atom is -0.494 e. The van der Waals surface area contributed by atoms with E-state index >= 15 is 0 Å². The molecule has 0 spiro atoms. The van der Waals surface area contributed by atoms with E-state index in [0.717, 1.165) is 11.1 Å². The molecule has 1 rings (SSSR count). The van der Waals surface area contributed by atoms with E-state index in [-0.39, 0.29) is 5.75 Å². The molecule has 0 unspecified atom stereocenters. The minimum atomic E-state index is -0.393. The van der Waals surface area contributed by atoms with Gasteiger partial charge in [-0.3, -0.25) is 0 Å². The van der Waals surface area contributed by atoms with Crippen molar-refractivity contribution in [2.24, 2.45) is 0 Å². The third-order valence-corrected chi connectivity index (χ3v) is 2.18. The molecule has 0 aromatic heterocycles. The monoisotopic (exact) mass is 229 g/mol. The van der Waals surface area contributed by atoms with Gasteiger partial charge in [0.05, 0.1) is 20.8 Å². The summed E-state index contributed by atoms with van der Waals surface area (Å²) in [6.45, 7) is 0.813. The van der Waals surface area contributed by atoms with Crippen LogP contribution in [0.3, 0.4) is 0 Å². The molecule has 16 heavy (non-hydrogen) atoms. The molecule has 0 atom stereocenters. The highest BCUT2D eigenvalue weighted by Crippen LogP contribution is 2.22. The standard InChI is InChI=1S/C11H16FNO3/c1-14-7-9-5-11(15-2)10(12)4-8(9)6-13-16-3/h4-5,13H,6-7H2,1-3H3. The minimum absolute atomic E-state index is 0.216. The highest BCUT2D eigenvalue weighted by Gasteiger charge is 2.10. The normalized spacial score (nSPS) is 10.5. The molecule has 0 saturated carbocycles. The fourth-order valence-electron chi connectivity index (χ4n) is 1.40. The quantitative estimate of drug-likeness (QED) is 0.753. The predicted octanol–water partition coefficient (Wildman–Crippen LogP) is 1.63. The fraction of sp³-hybridized carbons (Fsp3) is 0.455. The van der Waals surface area contributed by atoms with Gasteiger partial charge in [0.2, 0.25) is 0 Å². The molecule has 0 radical (unpaired) electrons. The lowest BCUT2D eigenvalue weighted by Gasteiger charge is -2.12. The van der Waals surface area contributed by atoms with E-state index in [1.165, 1.54) is 20.3 Å². The summed E-state index contributed by atoms with van der Waals surface area (Å²) in [4.78, 5) is 4.73. The van der Waals surface area contributed by atoms with Gasteiger partial charge in [-0.05, 0) is 23.3 Å². The first kappa shape index (κ1) is 12.9. The van der Waals surface area contributed by atoms with Crippen molar-refractivity contribution in [3.63, 3.8) is 0 Å². The second kappa shape index (κ2) is 6.42. The highest BCUT2D eigenvalue weighted by molar-refractivity contribution is 5.36. The van der Waals surface area contributed by atoms with E-state index in [1.807, 2.05) is 0 Å². The van der Waals surface area contributed by atoms with Crippen LogP contribution in [0.5, 0.6) is 5.75 Å². The molecule has 90 valence electrons. The number of hydrogen-bond acceptors (Lipinski definition) is 4. The van der Waals surface area contributed by atoms with Gasteiger partial charge in [0.15, 0.2) is 11.6 Å². The molecule has 0 heterocycles. The molecule has 0 aliphatic rings. The molecule has 1 aromatic rings. The summed E-state index contributed by atoms with van der Waals surface area (Å²) in [6, 6.07) is 3.05. The number of nitrogens with one attached hydrogen (secondary N) is 1. The number of hydrogen-bond donors (Lipinski definition) is 1. The van der Waals surface area contributed by atoms with Crippen LogP contribution in [0.15, 0.2) is 12.1 Å². The molecule has 0 amide bonds. The molecular formula is C11H16FNO3. The van der Waals surface area contributed by atoms with E-state index in [4.69, 9.17) is 14.3 Å². The maximum Gasteiger partial charge on any atom is 0.165 e. The summed E-state index contributed by atoms with van der Waals surface area (Å²) in [6.07, 6.45) is 0. The zero-order chi connectivity index (χ0) is 12.0. The molecule has 1 aromatic carbocycles. The molecule has 0 aliphatic heterocycles. The first-order chi connectivity index (χ1) is 7.72. The lowest BCUT2D eigenvalue weighted by Crippen LogP contribution is -2.13.